The van der Waals surface area contributed by atoms with Gasteiger partial charge in [-0.25, -0.2) is 0 Å². The molecule has 86 valence electrons. The Bertz CT molecular complexity index is 376. The van der Waals surface area contributed by atoms with E-state index in [1.54, 1.807) is 7.11 Å². The van der Waals surface area contributed by atoms with Crippen molar-refractivity contribution in [2.24, 2.45) is 0 Å². The summed E-state index contributed by atoms with van der Waals surface area (Å²) in [6.45, 7) is 4.29. The Labute approximate surface area is 96.3 Å². The molecular weight excluding hydrogens is 204 g/mol. The largest absolute Gasteiger partial charge is 0.464 e. The SMILES string of the molecule is CCOC#Cc1ccccc1OC(C)OC. The number of methoxy groups -OCH3 is 1. The lowest BCUT2D eigenvalue weighted by Crippen LogP contribution is -2.14. The molecule has 16 heavy (non-hydrogen) atoms. The quantitative estimate of drug-likeness (QED) is 0.576. The van der Waals surface area contributed by atoms with Gasteiger partial charge in [0.05, 0.1) is 12.2 Å². The smallest absolute Gasteiger partial charge is 0.196 e. The van der Waals surface area contributed by atoms with Crippen LogP contribution in [-0.4, -0.2) is 20.0 Å². The van der Waals surface area contributed by atoms with Crippen LogP contribution in [0, 0.1) is 12.0 Å². The molecule has 1 aromatic rings. The minimum atomic E-state index is -0.296. The van der Waals surface area contributed by atoms with Crippen molar-refractivity contribution >= 4 is 0 Å². The molecule has 0 aliphatic carbocycles. The summed E-state index contributed by atoms with van der Waals surface area (Å²) in [6.07, 6.45) is 2.32. The summed E-state index contributed by atoms with van der Waals surface area (Å²) in [7, 11) is 1.60. The van der Waals surface area contributed by atoms with Crippen LogP contribution in [0.5, 0.6) is 5.75 Å². The zero-order valence-electron chi connectivity index (χ0n) is 9.82. The molecule has 0 aliphatic heterocycles. The van der Waals surface area contributed by atoms with Gasteiger partial charge in [-0.05, 0) is 31.9 Å². The summed E-state index contributed by atoms with van der Waals surface area (Å²) in [4.78, 5) is 0. The van der Waals surface area contributed by atoms with E-state index in [1.165, 1.54) is 0 Å². The molecule has 0 aliphatic rings. The topological polar surface area (TPSA) is 27.7 Å². The normalized spacial score (nSPS) is 11.2. The number of hydrogen-bond acceptors (Lipinski definition) is 3. The van der Waals surface area contributed by atoms with Crippen molar-refractivity contribution in [3.63, 3.8) is 0 Å². The second-order valence-corrected chi connectivity index (χ2v) is 3.08. The molecule has 0 aromatic heterocycles. The average molecular weight is 220 g/mol. The predicted octanol–water partition coefficient (Wildman–Crippen LogP) is 2.40. The van der Waals surface area contributed by atoms with Gasteiger partial charge in [0.15, 0.2) is 6.29 Å². The number of hydrogen-bond donors (Lipinski definition) is 0. The Hall–Kier alpha value is -1.66. The van der Waals surface area contributed by atoms with Crippen LogP contribution in [0.15, 0.2) is 24.3 Å². The van der Waals surface area contributed by atoms with Crippen LogP contribution in [0.3, 0.4) is 0 Å². The molecule has 1 atom stereocenters. The van der Waals surface area contributed by atoms with Crippen LogP contribution in [0.2, 0.25) is 0 Å². The summed E-state index contributed by atoms with van der Waals surface area (Å²) >= 11 is 0. The number of ether oxygens (including phenoxy) is 3. The zero-order valence-corrected chi connectivity index (χ0v) is 9.82. The minimum Gasteiger partial charge on any atom is -0.464 e. The van der Waals surface area contributed by atoms with E-state index < -0.39 is 0 Å². The van der Waals surface area contributed by atoms with E-state index >= 15 is 0 Å². The lowest BCUT2D eigenvalue weighted by atomic mass is 10.2. The zero-order chi connectivity index (χ0) is 11.8. The molecule has 0 saturated carbocycles. The molecule has 0 amide bonds. The van der Waals surface area contributed by atoms with Crippen molar-refractivity contribution < 1.29 is 14.2 Å². The molecule has 1 unspecified atom stereocenters. The molecule has 0 bridgehead atoms. The first-order valence-corrected chi connectivity index (χ1v) is 5.19. The lowest BCUT2D eigenvalue weighted by Gasteiger charge is -2.13. The molecule has 1 aromatic carbocycles. The molecule has 0 fully saturated rings. The van der Waals surface area contributed by atoms with Gasteiger partial charge < -0.3 is 14.2 Å². The summed E-state index contributed by atoms with van der Waals surface area (Å²) in [5.41, 5.74) is 0.792. The fourth-order valence-corrected chi connectivity index (χ4v) is 1.06. The van der Waals surface area contributed by atoms with Gasteiger partial charge >= 0.3 is 0 Å². The number of para-hydroxylation sites is 1. The maximum atomic E-state index is 5.55. The number of rotatable bonds is 4. The van der Waals surface area contributed by atoms with Gasteiger partial charge in [-0.15, -0.1) is 0 Å². The molecule has 3 nitrogen and oxygen atoms in total. The maximum Gasteiger partial charge on any atom is 0.196 e. The maximum absolute atomic E-state index is 5.55. The highest BCUT2D eigenvalue weighted by atomic mass is 16.7. The van der Waals surface area contributed by atoms with Gasteiger partial charge in [0, 0.05) is 7.11 Å². The third kappa shape index (κ3) is 3.84. The fraction of sp³-hybridized carbons (Fsp3) is 0.385. The Morgan fingerprint density at radius 3 is 2.75 bits per heavy atom. The second-order valence-electron chi connectivity index (χ2n) is 3.08. The van der Waals surface area contributed by atoms with E-state index in [4.69, 9.17) is 14.2 Å². The van der Waals surface area contributed by atoms with Crippen LogP contribution in [0.4, 0.5) is 0 Å². The fourth-order valence-electron chi connectivity index (χ4n) is 1.06. The molecule has 3 heteroatoms. The summed E-state index contributed by atoms with van der Waals surface area (Å²) in [5.74, 6) is 3.59. The van der Waals surface area contributed by atoms with Gasteiger partial charge in [0.1, 0.15) is 11.9 Å². The first kappa shape index (κ1) is 12.4. The van der Waals surface area contributed by atoms with E-state index in [2.05, 4.69) is 12.0 Å². The minimum absolute atomic E-state index is 0.296. The monoisotopic (exact) mass is 220 g/mol. The molecule has 0 N–H and O–H groups in total. The van der Waals surface area contributed by atoms with Gasteiger partial charge in [-0.1, -0.05) is 12.1 Å². The van der Waals surface area contributed by atoms with Crippen molar-refractivity contribution in [1.29, 1.82) is 0 Å². The Morgan fingerprint density at radius 1 is 1.31 bits per heavy atom. The Morgan fingerprint density at radius 2 is 2.06 bits per heavy atom. The Balaban J connectivity index is 2.80. The van der Waals surface area contributed by atoms with Crippen LogP contribution >= 0.6 is 0 Å². The van der Waals surface area contributed by atoms with Crippen molar-refractivity contribution in [2.75, 3.05) is 13.7 Å². The highest BCUT2D eigenvalue weighted by Gasteiger charge is 2.04. The van der Waals surface area contributed by atoms with Crippen LogP contribution in [0.25, 0.3) is 0 Å². The highest BCUT2D eigenvalue weighted by Crippen LogP contribution is 2.18. The van der Waals surface area contributed by atoms with Crippen molar-refractivity contribution in [3.8, 4) is 17.8 Å². The highest BCUT2D eigenvalue weighted by molar-refractivity contribution is 5.45. The summed E-state index contributed by atoms with van der Waals surface area (Å²) < 4.78 is 15.6. The third-order valence-electron chi connectivity index (χ3n) is 1.91. The standard InChI is InChI=1S/C13H16O3/c1-4-15-10-9-12-7-5-6-8-13(12)16-11(2)14-3/h5-8,11H,4H2,1-3H3. The molecule has 0 saturated heterocycles. The molecule has 0 heterocycles. The summed E-state index contributed by atoms with van der Waals surface area (Å²) in [5, 5.41) is 0. The summed E-state index contributed by atoms with van der Waals surface area (Å²) in [6, 6.07) is 7.53. The predicted molar refractivity (Wildman–Crippen MR) is 62.0 cm³/mol. The van der Waals surface area contributed by atoms with E-state index in [-0.39, 0.29) is 6.29 Å². The van der Waals surface area contributed by atoms with Crippen LogP contribution in [0.1, 0.15) is 19.4 Å². The van der Waals surface area contributed by atoms with Crippen molar-refractivity contribution in [1.82, 2.24) is 0 Å². The third-order valence-corrected chi connectivity index (χ3v) is 1.91. The molecular formula is C13H16O3. The van der Waals surface area contributed by atoms with Crippen LogP contribution in [-0.2, 0) is 9.47 Å². The van der Waals surface area contributed by atoms with Crippen molar-refractivity contribution in [3.05, 3.63) is 29.8 Å². The average Bonchev–Trinajstić information content (AvgIpc) is 2.31. The van der Waals surface area contributed by atoms with E-state index in [1.807, 2.05) is 38.1 Å². The second kappa shape index (κ2) is 6.76. The van der Waals surface area contributed by atoms with Crippen LogP contribution < -0.4 is 4.74 Å². The van der Waals surface area contributed by atoms with E-state index in [0.717, 1.165) is 5.56 Å². The first-order chi connectivity index (χ1) is 7.77. The van der Waals surface area contributed by atoms with E-state index in [0.29, 0.717) is 12.4 Å². The number of benzene rings is 1. The van der Waals surface area contributed by atoms with Gasteiger partial charge in [0.2, 0.25) is 0 Å². The van der Waals surface area contributed by atoms with Gasteiger partial charge in [-0.2, -0.15) is 0 Å². The first-order valence-electron chi connectivity index (χ1n) is 5.19. The van der Waals surface area contributed by atoms with E-state index in [9.17, 15) is 0 Å². The van der Waals surface area contributed by atoms with Gasteiger partial charge in [0.25, 0.3) is 0 Å². The molecule has 0 radical (unpaired) electrons. The van der Waals surface area contributed by atoms with Gasteiger partial charge in [-0.3, -0.25) is 0 Å². The van der Waals surface area contributed by atoms with Crippen molar-refractivity contribution in [2.45, 2.75) is 20.1 Å². The Kier molecular flexibility index (Phi) is 5.24. The molecule has 0 spiro atoms. The molecule has 1 rings (SSSR count). The lowest BCUT2D eigenvalue weighted by molar-refractivity contribution is -0.0384.